The van der Waals surface area contributed by atoms with Gasteiger partial charge >= 0.3 is 0 Å². The van der Waals surface area contributed by atoms with Crippen molar-refractivity contribution in [1.29, 1.82) is 0 Å². The molecule has 33 heavy (non-hydrogen) atoms. The first-order chi connectivity index (χ1) is 15.9. The van der Waals surface area contributed by atoms with Crippen molar-refractivity contribution in [3.05, 3.63) is 76.7 Å². The molecular formula is C26H27N5O2. The highest BCUT2D eigenvalue weighted by atomic mass is 16.5. The number of hydrogen-bond acceptors (Lipinski definition) is 4. The second-order valence-electron chi connectivity index (χ2n) is 8.82. The molecule has 0 saturated carbocycles. The summed E-state index contributed by atoms with van der Waals surface area (Å²) in [6, 6.07) is 12.1. The van der Waals surface area contributed by atoms with Crippen molar-refractivity contribution < 1.29 is 4.74 Å². The van der Waals surface area contributed by atoms with Crippen LogP contribution in [0.15, 0.2) is 59.8 Å². The van der Waals surface area contributed by atoms with Gasteiger partial charge in [0.15, 0.2) is 5.65 Å². The van der Waals surface area contributed by atoms with Gasteiger partial charge in [-0.3, -0.25) is 4.79 Å². The summed E-state index contributed by atoms with van der Waals surface area (Å²) in [5, 5.41) is 0.902. The number of benzene rings is 1. The summed E-state index contributed by atoms with van der Waals surface area (Å²) in [4.78, 5) is 25.4. The van der Waals surface area contributed by atoms with E-state index in [2.05, 4.69) is 51.6 Å². The molecule has 7 nitrogen and oxygen atoms in total. The minimum atomic E-state index is 0.00174. The average Bonchev–Trinajstić information content (AvgIpc) is 3.41. The van der Waals surface area contributed by atoms with Gasteiger partial charge in [0.1, 0.15) is 17.1 Å². The Kier molecular flexibility index (Phi) is 5.24. The Bertz CT molecular complexity index is 1510. The van der Waals surface area contributed by atoms with E-state index in [1.807, 2.05) is 43.7 Å². The molecule has 4 aromatic heterocycles. The number of nitrogens with zero attached hydrogens (tertiary/aromatic N) is 4. The van der Waals surface area contributed by atoms with E-state index in [0.717, 1.165) is 39.2 Å². The van der Waals surface area contributed by atoms with E-state index in [1.54, 1.807) is 11.7 Å². The molecule has 0 aliphatic heterocycles. The lowest BCUT2D eigenvalue weighted by molar-refractivity contribution is 0.414. The summed E-state index contributed by atoms with van der Waals surface area (Å²) in [5.74, 6) is 2.10. The van der Waals surface area contributed by atoms with Gasteiger partial charge < -0.3 is 18.9 Å². The number of aromatic amines is 1. The molecular weight excluding hydrogens is 414 g/mol. The molecule has 1 aromatic carbocycles. The number of aryl methyl sites for hydroxylation is 1. The molecule has 168 valence electrons. The van der Waals surface area contributed by atoms with E-state index < -0.39 is 0 Å². The van der Waals surface area contributed by atoms with Gasteiger partial charge in [0, 0.05) is 48.2 Å². The van der Waals surface area contributed by atoms with Crippen molar-refractivity contribution in [3.63, 3.8) is 0 Å². The molecule has 0 aliphatic rings. The number of methoxy groups -OCH3 is 1. The summed E-state index contributed by atoms with van der Waals surface area (Å²) in [6.07, 6.45) is 5.62. The lowest BCUT2D eigenvalue weighted by Gasteiger charge is -2.13. The van der Waals surface area contributed by atoms with Crippen molar-refractivity contribution in [2.45, 2.75) is 33.9 Å². The van der Waals surface area contributed by atoms with E-state index in [1.165, 1.54) is 0 Å². The van der Waals surface area contributed by atoms with Crippen molar-refractivity contribution in [1.82, 2.24) is 24.1 Å². The Hall–Kier alpha value is -3.87. The molecule has 0 spiro atoms. The van der Waals surface area contributed by atoms with Crippen LogP contribution in [0.4, 0.5) is 0 Å². The number of nitrogens with one attached hydrogen (secondary N) is 1. The Morgan fingerprint density at radius 2 is 1.94 bits per heavy atom. The van der Waals surface area contributed by atoms with Crippen LogP contribution in [-0.2, 0) is 13.1 Å². The molecule has 7 heteroatoms. The third-order valence-corrected chi connectivity index (χ3v) is 5.97. The fourth-order valence-electron chi connectivity index (χ4n) is 4.34. The third-order valence-electron chi connectivity index (χ3n) is 5.97. The van der Waals surface area contributed by atoms with Crippen molar-refractivity contribution in [2.24, 2.45) is 5.92 Å². The van der Waals surface area contributed by atoms with Crippen LogP contribution in [0.5, 0.6) is 5.75 Å². The summed E-state index contributed by atoms with van der Waals surface area (Å²) < 4.78 is 9.24. The van der Waals surface area contributed by atoms with E-state index in [-0.39, 0.29) is 5.56 Å². The van der Waals surface area contributed by atoms with Gasteiger partial charge in [-0.1, -0.05) is 26.0 Å². The molecule has 0 amide bonds. The SMILES string of the molecule is COc1ccc(Cn2c(C)nc3ncc(-c4cn(CC(C)C)c(=O)c5[nH]ccc45)cc32)cc1. The lowest BCUT2D eigenvalue weighted by Crippen LogP contribution is -2.22. The van der Waals surface area contributed by atoms with Crippen molar-refractivity contribution >= 4 is 22.1 Å². The fourth-order valence-corrected chi connectivity index (χ4v) is 4.34. The standard InChI is InChI=1S/C26H27N5O2/c1-16(2)13-30-15-22(21-9-10-27-24(21)26(30)32)19-11-23-25(28-12-19)29-17(3)31(23)14-18-5-7-20(33-4)8-6-18/h5-12,15-16,27H,13-14H2,1-4H3. The van der Waals surface area contributed by atoms with Crippen LogP contribution >= 0.6 is 0 Å². The summed E-state index contributed by atoms with van der Waals surface area (Å²) in [7, 11) is 1.67. The van der Waals surface area contributed by atoms with Crippen LogP contribution < -0.4 is 10.3 Å². The molecule has 0 saturated heterocycles. The van der Waals surface area contributed by atoms with Crippen molar-refractivity contribution in [3.8, 4) is 16.9 Å². The highest BCUT2D eigenvalue weighted by Crippen LogP contribution is 2.29. The lowest BCUT2D eigenvalue weighted by atomic mass is 10.1. The maximum atomic E-state index is 12.9. The number of ether oxygens (including phenoxy) is 1. The second kappa shape index (κ2) is 8.24. The maximum Gasteiger partial charge on any atom is 0.274 e. The fraction of sp³-hybridized carbons (Fsp3) is 0.269. The van der Waals surface area contributed by atoms with Crippen LogP contribution in [0.25, 0.3) is 33.2 Å². The van der Waals surface area contributed by atoms with Crippen LogP contribution in [-0.4, -0.2) is 31.2 Å². The number of H-pyrrole nitrogens is 1. The quantitative estimate of drug-likeness (QED) is 0.412. The molecule has 5 aromatic rings. The van der Waals surface area contributed by atoms with Crippen LogP contribution in [0.3, 0.4) is 0 Å². The van der Waals surface area contributed by atoms with E-state index in [9.17, 15) is 4.79 Å². The Morgan fingerprint density at radius 3 is 2.67 bits per heavy atom. The number of pyridine rings is 2. The van der Waals surface area contributed by atoms with Gasteiger partial charge in [0.25, 0.3) is 5.56 Å². The number of fused-ring (bicyclic) bond motifs is 2. The molecule has 0 fully saturated rings. The second-order valence-corrected chi connectivity index (χ2v) is 8.82. The molecule has 4 heterocycles. The summed E-state index contributed by atoms with van der Waals surface area (Å²) in [6.45, 7) is 7.56. The molecule has 0 bridgehead atoms. The van der Waals surface area contributed by atoms with E-state index in [4.69, 9.17) is 4.74 Å². The van der Waals surface area contributed by atoms with Gasteiger partial charge in [-0.05, 0) is 42.7 Å². The highest BCUT2D eigenvalue weighted by Gasteiger charge is 2.15. The number of aromatic nitrogens is 5. The topological polar surface area (TPSA) is 77.7 Å². The molecule has 1 N–H and O–H groups in total. The average molecular weight is 442 g/mol. The van der Waals surface area contributed by atoms with Crippen LogP contribution in [0, 0.1) is 12.8 Å². The smallest absolute Gasteiger partial charge is 0.274 e. The number of imidazole rings is 1. The first kappa shape index (κ1) is 21.0. The largest absolute Gasteiger partial charge is 0.497 e. The number of hydrogen-bond donors (Lipinski definition) is 1. The summed E-state index contributed by atoms with van der Waals surface area (Å²) in [5.41, 5.74) is 5.40. The predicted molar refractivity (Wildman–Crippen MR) is 131 cm³/mol. The molecule has 0 radical (unpaired) electrons. The van der Waals surface area contributed by atoms with E-state index in [0.29, 0.717) is 30.2 Å². The zero-order chi connectivity index (χ0) is 23.1. The predicted octanol–water partition coefficient (Wildman–Crippen LogP) is 4.76. The Morgan fingerprint density at radius 1 is 1.15 bits per heavy atom. The molecule has 5 rings (SSSR count). The van der Waals surface area contributed by atoms with Gasteiger partial charge in [-0.2, -0.15) is 0 Å². The minimum Gasteiger partial charge on any atom is -0.497 e. The van der Waals surface area contributed by atoms with Gasteiger partial charge in [-0.25, -0.2) is 9.97 Å². The zero-order valence-electron chi connectivity index (χ0n) is 19.3. The monoisotopic (exact) mass is 441 g/mol. The minimum absolute atomic E-state index is 0.00174. The normalized spacial score (nSPS) is 11.7. The maximum absolute atomic E-state index is 12.9. The Balaban J connectivity index is 1.63. The third kappa shape index (κ3) is 3.80. The zero-order valence-corrected chi connectivity index (χ0v) is 19.3. The van der Waals surface area contributed by atoms with E-state index >= 15 is 0 Å². The highest BCUT2D eigenvalue weighted by molar-refractivity contribution is 5.95. The van der Waals surface area contributed by atoms with Gasteiger partial charge in [0.05, 0.1) is 12.6 Å². The number of rotatable bonds is 6. The first-order valence-corrected chi connectivity index (χ1v) is 11.1. The van der Waals surface area contributed by atoms with Crippen molar-refractivity contribution in [2.75, 3.05) is 7.11 Å². The molecule has 0 unspecified atom stereocenters. The summed E-state index contributed by atoms with van der Waals surface area (Å²) >= 11 is 0. The van der Waals surface area contributed by atoms with Crippen LogP contribution in [0.1, 0.15) is 25.2 Å². The van der Waals surface area contributed by atoms with Gasteiger partial charge in [0.2, 0.25) is 0 Å². The first-order valence-electron chi connectivity index (χ1n) is 11.1. The Labute approximate surface area is 191 Å². The van der Waals surface area contributed by atoms with Gasteiger partial charge in [-0.15, -0.1) is 0 Å². The molecule has 0 aliphatic carbocycles. The van der Waals surface area contributed by atoms with Crippen LogP contribution in [0.2, 0.25) is 0 Å². The molecule has 0 atom stereocenters.